The third-order valence-electron chi connectivity index (χ3n) is 8.28. The molecule has 1 saturated carbocycles. The number of nitrogens with zero attached hydrogens (tertiary/aromatic N) is 1. The van der Waals surface area contributed by atoms with E-state index in [2.05, 4.69) is 11.8 Å². The molecule has 4 unspecified atom stereocenters. The maximum absolute atomic E-state index is 12.9. The van der Waals surface area contributed by atoms with Crippen molar-refractivity contribution in [3.63, 3.8) is 0 Å². The van der Waals surface area contributed by atoms with Gasteiger partial charge in [-0.15, -0.1) is 0 Å². The fourth-order valence-corrected chi connectivity index (χ4v) is 5.63. The van der Waals surface area contributed by atoms with Gasteiger partial charge in [0.15, 0.2) is 11.6 Å². The normalized spacial score (nSPS) is 23.8. The van der Waals surface area contributed by atoms with Crippen LogP contribution in [0.2, 0.25) is 5.02 Å². The Morgan fingerprint density at radius 2 is 1.73 bits per heavy atom. The Kier molecular flexibility index (Phi) is 14.1. The number of aldehydes is 1. The molecule has 2 aromatic rings. The lowest BCUT2D eigenvalue weighted by molar-refractivity contribution is -0.146. The molecule has 2 fully saturated rings. The van der Waals surface area contributed by atoms with E-state index in [1.165, 1.54) is 24.3 Å². The molecule has 3 N–H and O–H groups in total. The summed E-state index contributed by atoms with van der Waals surface area (Å²) in [7, 11) is 0. The molecular weight excluding hydrogens is 585 g/mol. The Morgan fingerprint density at radius 3 is 2.34 bits per heavy atom. The minimum atomic E-state index is -1.43. The van der Waals surface area contributed by atoms with Gasteiger partial charge in [-0.2, -0.15) is 0 Å². The number of hydrogen-bond donors (Lipinski definition) is 3. The van der Waals surface area contributed by atoms with Crippen LogP contribution < -0.4 is 0 Å². The van der Waals surface area contributed by atoms with Gasteiger partial charge in [0.25, 0.3) is 0 Å². The van der Waals surface area contributed by atoms with Crippen molar-refractivity contribution in [2.75, 3.05) is 19.6 Å². The number of aliphatic hydroxyl groups excluding tert-OH is 2. The zero-order valence-corrected chi connectivity index (χ0v) is 25.9. The highest BCUT2D eigenvalue weighted by molar-refractivity contribution is 6.30. The molecule has 2 aromatic carbocycles. The minimum absolute atomic E-state index is 0.0414. The molecule has 0 amide bonds. The molecule has 0 aromatic heterocycles. The number of carbonyl (C=O) groups excluding carboxylic acids is 3. The number of piperidine rings is 1. The lowest BCUT2D eigenvalue weighted by atomic mass is 9.76. The predicted molar refractivity (Wildman–Crippen MR) is 169 cm³/mol. The molecule has 1 heterocycles. The fraction of sp³-hybridized carbons (Fsp3) is 0.457. The first kappa shape index (κ1) is 35.5. The van der Waals surface area contributed by atoms with Crippen LogP contribution in [0.4, 0.5) is 4.39 Å². The van der Waals surface area contributed by atoms with E-state index in [0.29, 0.717) is 36.1 Å². The van der Waals surface area contributed by atoms with Gasteiger partial charge < -0.3 is 25.0 Å². The molecule has 0 bridgehead atoms. The Bertz CT molecular complexity index is 1270. The first-order chi connectivity index (χ1) is 21.1. The summed E-state index contributed by atoms with van der Waals surface area (Å²) in [5, 5.41) is 30.5. The van der Waals surface area contributed by atoms with Gasteiger partial charge in [0, 0.05) is 30.1 Å². The van der Waals surface area contributed by atoms with E-state index in [4.69, 9.17) is 11.6 Å². The second-order valence-corrected chi connectivity index (χ2v) is 11.9. The van der Waals surface area contributed by atoms with Crippen molar-refractivity contribution in [2.45, 2.75) is 69.7 Å². The van der Waals surface area contributed by atoms with Crippen molar-refractivity contribution >= 4 is 29.5 Å². The van der Waals surface area contributed by atoms with Crippen LogP contribution in [0.3, 0.4) is 0 Å². The maximum Gasteiger partial charge on any atom is 0.174 e. The number of unbranched alkanes of at least 4 members (excludes halogenated alkanes) is 1. The number of aliphatic hydroxyl groups is 3. The summed E-state index contributed by atoms with van der Waals surface area (Å²) >= 11 is 5.92. The first-order valence-corrected chi connectivity index (χ1v) is 15.6. The van der Waals surface area contributed by atoms with Crippen molar-refractivity contribution < 1.29 is 34.1 Å². The number of allylic oxidation sites excluding steroid dienone is 4. The number of benzene rings is 2. The third kappa shape index (κ3) is 10.3. The van der Waals surface area contributed by atoms with Crippen LogP contribution in [0, 0.1) is 17.7 Å². The lowest BCUT2D eigenvalue weighted by Gasteiger charge is -2.38. The number of likely N-dealkylation sites (tertiary alicyclic amines) is 1. The molecule has 2 aliphatic rings. The standard InChI is InChI=1S/C21H23ClFNO2.C14H20O4/c22-18-7-5-17(6-8-18)21(26)11-14-24(15-12-21)13-1-2-20(25)16-3-9-19(23)10-4-16;1-2-3-4-5-6-7-10-8-12(16)14(18)13(17)11(10)9-15/h3-10,26H,1-2,11-15H2;4-7,9-12,14,16,18H,2-3,8H2,1H3. The molecule has 238 valence electrons. The van der Waals surface area contributed by atoms with Gasteiger partial charge in [-0.25, -0.2) is 4.39 Å². The minimum Gasteiger partial charge on any atom is -0.390 e. The van der Waals surface area contributed by atoms with Crippen molar-refractivity contribution in [3.8, 4) is 0 Å². The van der Waals surface area contributed by atoms with E-state index in [1.54, 1.807) is 12.2 Å². The Labute approximate surface area is 264 Å². The second kappa shape index (κ2) is 17.5. The molecule has 9 heteroatoms. The number of ketones is 2. The first-order valence-electron chi connectivity index (χ1n) is 15.3. The summed E-state index contributed by atoms with van der Waals surface area (Å²) in [5.74, 6) is -2.06. The van der Waals surface area contributed by atoms with Crippen LogP contribution in [0.1, 0.15) is 67.8 Å². The van der Waals surface area contributed by atoms with Gasteiger partial charge >= 0.3 is 0 Å². The molecule has 1 aliphatic heterocycles. The highest BCUT2D eigenvalue weighted by Gasteiger charge is 2.41. The SMILES string of the molecule is CCCC=CC=CC1CC(O)C(O)C(=O)C1C=O.O=C(CCCN1CCC(O)(c2ccc(Cl)cc2)CC1)c1ccc(F)cc1. The predicted octanol–water partition coefficient (Wildman–Crippen LogP) is 5.45. The average Bonchev–Trinajstić information content (AvgIpc) is 3.02. The molecule has 4 atom stereocenters. The van der Waals surface area contributed by atoms with Crippen molar-refractivity contribution in [1.29, 1.82) is 0 Å². The van der Waals surface area contributed by atoms with Gasteiger partial charge in [0.1, 0.15) is 18.2 Å². The quantitative estimate of drug-likeness (QED) is 0.131. The lowest BCUT2D eigenvalue weighted by Crippen LogP contribution is -2.47. The summed E-state index contributed by atoms with van der Waals surface area (Å²) < 4.78 is 12.9. The fourth-order valence-electron chi connectivity index (χ4n) is 5.51. The number of halogens is 2. The zero-order valence-electron chi connectivity index (χ0n) is 25.2. The van der Waals surface area contributed by atoms with Crippen LogP contribution in [-0.4, -0.2) is 69.9 Å². The molecule has 0 radical (unpaired) electrons. The van der Waals surface area contributed by atoms with Gasteiger partial charge in [-0.05, 0) is 86.5 Å². The van der Waals surface area contributed by atoms with Gasteiger partial charge in [-0.1, -0.05) is 61.4 Å². The van der Waals surface area contributed by atoms with Crippen LogP contribution in [0.25, 0.3) is 0 Å². The number of rotatable bonds is 11. The summed E-state index contributed by atoms with van der Waals surface area (Å²) in [6, 6.07) is 13.1. The second-order valence-electron chi connectivity index (χ2n) is 11.5. The zero-order chi connectivity index (χ0) is 32.1. The number of hydrogen-bond acceptors (Lipinski definition) is 7. The van der Waals surface area contributed by atoms with Crippen molar-refractivity contribution in [1.82, 2.24) is 4.90 Å². The van der Waals surface area contributed by atoms with E-state index in [-0.39, 0.29) is 23.9 Å². The maximum atomic E-state index is 12.9. The van der Waals surface area contributed by atoms with Crippen molar-refractivity contribution in [2.24, 2.45) is 11.8 Å². The highest BCUT2D eigenvalue weighted by atomic mass is 35.5. The van der Waals surface area contributed by atoms with Crippen LogP contribution >= 0.6 is 11.6 Å². The smallest absolute Gasteiger partial charge is 0.174 e. The van der Waals surface area contributed by atoms with E-state index in [1.807, 2.05) is 36.4 Å². The van der Waals surface area contributed by atoms with E-state index < -0.39 is 29.5 Å². The van der Waals surface area contributed by atoms with Crippen molar-refractivity contribution in [3.05, 3.63) is 94.8 Å². The average molecular weight is 628 g/mol. The number of carbonyl (C=O) groups is 3. The Balaban J connectivity index is 0.000000259. The molecule has 44 heavy (non-hydrogen) atoms. The summed E-state index contributed by atoms with van der Waals surface area (Å²) in [4.78, 5) is 36.9. The molecule has 0 spiro atoms. The van der Waals surface area contributed by atoms with E-state index in [0.717, 1.165) is 44.5 Å². The largest absolute Gasteiger partial charge is 0.390 e. The summed E-state index contributed by atoms with van der Waals surface area (Å²) in [6.07, 6.45) is 10.3. The molecular formula is C35H43ClFNO6. The van der Waals surface area contributed by atoms with E-state index in [9.17, 15) is 34.1 Å². The molecule has 7 nitrogen and oxygen atoms in total. The Hall–Kier alpha value is -3.01. The van der Waals surface area contributed by atoms with Gasteiger partial charge in [0.05, 0.1) is 17.6 Å². The van der Waals surface area contributed by atoms with Gasteiger partial charge in [-0.3, -0.25) is 9.59 Å². The number of Topliss-reactive ketones (excluding diaryl/α,β-unsaturated/α-hetero) is 2. The van der Waals surface area contributed by atoms with Gasteiger partial charge in [0.2, 0.25) is 0 Å². The topological polar surface area (TPSA) is 115 Å². The Morgan fingerprint density at radius 1 is 1.07 bits per heavy atom. The van der Waals surface area contributed by atoms with E-state index >= 15 is 0 Å². The van der Waals surface area contributed by atoms with Crippen LogP contribution in [0.15, 0.2) is 72.8 Å². The molecule has 1 saturated heterocycles. The third-order valence-corrected chi connectivity index (χ3v) is 8.53. The molecule has 4 rings (SSSR count). The van der Waals surface area contributed by atoms with Crippen LogP contribution in [-0.2, 0) is 15.2 Å². The summed E-state index contributed by atoms with van der Waals surface area (Å²) in [6.45, 7) is 4.49. The summed E-state index contributed by atoms with van der Waals surface area (Å²) in [5.41, 5.74) is 0.667. The molecule has 1 aliphatic carbocycles. The van der Waals surface area contributed by atoms with Crippen LogP contribution in [0.5, 0.6) is 0 Å². The highest BCUT2D eigenvalue weighted by Crippen LogP contribution is 2.33. The monoisotopic (exact) mass is 627 g/mol.